The Balaban J connectivity index is 2.79. The Hall–Kier alpha value is -2.09. The van der Waals surface area contributed by atoms with Crippen LogP contribution in [-0.2, 0) is 9.59 Å². The molecule has 0 fully saturated rings. The van der Waals surface area contributed by atoms with Crippen molar-refractivity contribution in [3.63, 3.8) is 0 Å². The van der Waals surface area contributed by atoms with Gasteiger partial charge in [0.1, 0.15) is 0 Å². The second kappa shape index (κ2) is 9.14. The van der Waals surface area contributed by atoms with Gasteiger partial charge in [-0.2, -0.15) is 5.10 Å². The number of ether oxygens (including phenoxy) is 2. The van der Waals surface area contributed by atoms with Gasteiger partial charge in [-0.1, -0.05) is 0 Å². The Bertz CT molecular complexity index is 603. The normalized spacial score (nSPS) is 10.7. The highest BCUT2D eigenvalue weighted by atomic mass is 79.9. The Labute approximate surface area is 143 Å². The number of carbonyl (C=O) groups is 2. The molecule has 1 rings (SSSR count). The smallest absolute Gasteiger partial charge is 0.329 e. The average molecular weight is 386 g/mol. The highest BCUT2D eigenvalue weighted by molar-refractivity contribution is 9.10. The summed E-state index contributed by atoms with van der Waals surface area (Å²) in [5.41, 5.74) is 2.83. The first kappa shape index (κ1) is 19.0. The third kappa shape index (κ3) is 5.90. The van der Waals surface area contributed by atoms with E-state index in [-0.39, 0.29) is 6.04 Å². The fourth-order valence-corrected chi connectivity index (χ4v) is 2.22. The minimum absolute atomic E-state index is 0.122. The Morgan fingerprint density at radius 2 is 2.04 bits per heavy atom. The predicted molar refractivity (Wildman–Crippen MR) is 90.9 cm³/mol. The second-order valence-corrected chi connectivity index (χ2v) is 5.65. The van der Waals surface area contributed by atoms with Crippen LogP contribution in [0, 0.1) is 0 Å². The summed E-state index contributed by atoms with van der Waals surface area (Å²) in [6, 6.07) is 3.35. The van der Waals surface area contributed by atoms with E-state index in [1.54, 1.807) is 26.0 Å². The summed E-state index contributed by atoms with van der Waals surface area (Å²) in [5.74, 6) is -0.437. The quantitative estimate of drug-likeness (QED) is 0.444. The number of hydrazone groups is 1. The van der Waals surface area contributed by atoms with Gasteiger partial charge in [-0.15, -0.1) is 0 Å². The number of nitrogens with zero attached hydrogens (tertiary/aromatic N) is 1. The largest absolute Gasteiger partial charge is 0.493 e. The van der Waals surface area contributed by atoms with Gasteiger partial charge in [0.2, 0.25) is 0 Å². The van der Waals surface area contributed by atoms with Gasteiger partial charge >= 0.3 is 11.8 Å². The van der Waals surface area contributed by atoms with E-state index in [2.05, 4.69) is 31.8 Å². The summed E-state index contributed by atoms with van der Waals surface area (Å²) >= 11 is 3.39. The second-order valence-electron chi connectivity index (χ2n) is 4.79. The molecule has 0 aliphatic heterocycles. The number of amides is 2. The number of hydrogen-bond donors (Lipinski definition) is 2. The molecule has 7 nitrogen and oxygen atoms in total. The van der Waals surface area contributed by atoms with Crippen molar-refractivity contribution >= 4 is 34.0 Å². The van der Waals surface area contributed by atoms with E-state index in [1.807, 2.05) is 6.92 Å². The topological polar surface area (TPSA) is 89.0 Å². The Morgan fingerprint density at radius 3 is 2.61 bits per heavy atom. The van der Waals surface area contributed by atoms with Crippen molar-refractivity contribution in [2.45, 2.75) is 26.8 Å². The van der Waals surface area contributed by atoms with Crippen LogP contribution in [0.1, 0.15) is 26.3 Å². The summed E-state index contributed by atoms with van der Waals surface area (Å²) in [5, 5.41) is 6.23. The molecule has 0 unspecified atom stereocenters. The molecule has 1 aromatic carbocycles. The minimum atomic E-state index is -0.827. The lowest BCUT2D eigenvalue weighted by molar-refractivity contribution is -0.139. The van der Waals surface area contributed by atoms with Crippen molar-refractivity contribution in [1.29, 1.82) is 0 Å². The van der Waals surface area contributed by atoms with Crippen molar-refractivity contribution < 1.29 is 19.1 Å². The molecule has 1 aromatic rings. The first-order chi connectivity index (χ1) is 10.9. The number of rotatable bonds is 6. The van der Waals surface area contributed by atoms with Crippen LogP contribution in [0.25, 0.3) is 0 Å². The van der Waals surface area contributed by atoms with Crippen LogP contribution in [0.4, 0.5) is 0 Å². The fraction of sp³-hybridized carbons (Fsp3) is 0.400. The van der Waals surface area contributed by atoms with Crippen molar-refractivity contribution in [2.75, 3.05) is 13.7 Å². The van der Waals surface area contributed by atoms with E-state index in [4.69, 9.17) is 9.47 Å². The maximum atomic E-state index is 11.5. The molecule has 0 saturated heterocycles. The van der Waals surface area contributed by atoms with E-state index in [0.29, 0.717) is 28.1 Å². The van der Waals surface area contributed by atoms with Gasteiger partial charge in [0, 0.05) is 6.04 Å². The third-order valence-corrected chi connectivity index (χ3v) is 3.14. The number of benzene rings is 1. The number of methoxy groups -OCH3 is 1. The highest BCUT2D eigenvalue weighted by Gasteiger charge is 2.13. The molecule has 8 heteroatoms. The van der Waals surface area contributed by atoms with Gasteiger partial charge in [0.25, 0.3) is 0 Å². The van der Waals surface area contributed by atoms with Crippen molar-refractivity contribution in [1.82, 2.24) is 10.7 Å². The lowest BCUT2D eigenvalue weighted by Crippen LogP contribution is -2.41. The molecule has 126 valence electrons. The van der Waals surface area contributed by atoms with Crippen molar-refractivity contribution in [3.8, 4) is 11.5 Å². The fourth-order valence-electron chi connectivity index (χ4n) is 1.64. The van der Waals surface area contributed by atoms with E-state index < -0.39 is 11.8 Å². The molecule has 0 saturated carbocycles. The lowest BCUT2D eigenvalue weighted by atomic mass is 10.2. The van der Waals surface area contributed by atoms with Crippen LogP contribution < -0.4 is 20.2 Å². The first-order valence-electron chi connectivity index (χ1n) is 7.03. The molecule has 0 aliphatic rings. The molecular weight excluding hydrogens is 366 g/mol. The van der Waals surface area contributed by atoms with Gasteiger partial charge in [0.15, 0.2) is 11.5 Å². The van der Waals surface area contributed by atoms with Crippen LogP contribution in [0.2, 0.25) is 0 Å². The maximum absolute atomic E-state index is 11.5. The average Bonchev–Trinajstić information content (AvgIpc) is 2.48. The summed E-state index contributed by atoms with van der Waals surface area (Å²) in [6.45, 7) is 5.90. The number of nitrogens with one attached hydrogen (secondary N) is 2. The van der Waals surface area contributed by atoms with Crippen LogP contribution >= 0.6 is 15.9 Å². The van der Waals surface area contributed by atoms with Gasteiger partial charge in [0.05, 0.1) is 24.4 Å². The zero-order valence-electron chi connectivity index (χ0n) is 13.5. The molecule has 0 atom stereocenters. The molecular formula is C15H20BrN3O4. The van der Waals surface area contributed by atoms with Gasteiger partial charge < -0.3 is 14.8 Å². The van der Waals surface area contributed by atoms with E-state index in [9.17, 15) is 9.59 Å². The van der Waals surface area contributed by atoms with Gasteiger partial charge in [-0.3, -0.25) is 9.59 Å². The maximum Gasteiger partial charge on any atom is 0.329 e. The van der Waals surface area contributed by atoms with Crippen LogP contribution in [0.15, 0.2) is 21.7 Å². The van der Waals surface area contributed by atoms with Crippen molar-refractivity contribution in [2.24, 2.45) is 5.10 Å². The van der Waals surface area contributed by atoms with E-state index in [1.165, 1.54) is 13.3 Å². The molecule has 23 heavy (non-hydrogen) atoms. The van der Waals surface area contributed by atoms with Gasteiger partial charge in [-0.25, -0.2) is 5.43 Å². The third-order valence-electron chi connectivity index (χ3n) is 2.55. The van der Waals surface area contributed by atoms with Crippen molar-refractivity contribution in [3.05, 3.63) is 22.2 Å². The Morgan fingerprint density at radius 1 is 1.35 bits per heavy atom. The van der Waals surface area contributed by atoms with E-state index in [0.717, 1.165) is 0 Å². The molecule has 0 heterocycles. The lowest BCUT2D eigenvalue weighted by Gasteiger charge is -2.12. The number of halogens is 1. The Kier molecular flexibility index (Phi) is 7.53. The van der Waals surface area contributed by atoms with Crippen LogP contribution in [0.5, 0.6) is 11.5 Å². The minimum Gasteiger partial charge on any atom is -0.493 e. The molecule has 0 bridgehead atoms. The summed E-state index contributed by atoms with van der Waals surface area (Å²) < 4.78 is 11.4. The molecule has 0 radical (unpaired) electrons. The zero-order chi connectivity index (χ0) is 17.4. The van der Waals surface area contributed by atoms with Crippen LogP contribution in [-0.4, -0.2) is 37.8 Å². The summed E-state index contributed by atoms with van der Waals surface area (Å²) in [4.78, 5) is 22.9. The van der Waals surface area contributed by atoms with E-state index >= 15 is 0 Å². The molecule has 0 aromatic heterocycles. The predicted octanol–water partition coefficient (Wildman–Crippen LogP) is 1.83. The SMILES string of the molecule is CCOc1c(Br)cc(/C=N\NC(=O)C(=O)NC(C)C)cc1OC. The molecule has 0 spiro atoms. The highest BCUT2D eigenvalue weighted by Crippen LogP contribution is 2.36. The zero-order valence-corrected chi connectivity index (χ0v) is 15.1. The summed E-state index contributed by atoms with van der Waals surface area (Å²) in [7, 11) is 1.53. The molecule has 0 aliphatic carbocycles. The van der Waals surface area contributed by atoms with Gasteiger partial charge in [-0.05, 0) is 54.4 Å². The van der Waals surface area contributed by atoms with Crippen LogP contribution in [0.3, 0.4) is 0 Å². The monoisotopic (exact) mass is 385 g/mol. The number of carbonyl (C=O) groups excluding carboxylic acids is 2. The molecule has 2 amide bonds. The summed E-state index contributed by atoms with van der Waals surface area (Å²) in [6.07, 6.45) is 1.41. The standard InChI is InChI=1S/C15H20BrN3O4/c1-5-23-13-11(16)6-10(7-12(13)22-4)8-17-19-15(21)14(20)18-9(2)3/h6-9H,5H2,1-4H3,(H,18,20)(H,19,21)/b17-8-. The number of hydrogen-bond acceptors (Lipinski definition) is 5. The first-order valence-corrected chi connectivity index (χ1v) is 7.82. The molecule has 2 N–H and O–H groups in total.